The number of anilines is 1. The van der Waals surface area contributed by atoms with Crippen LogP contribution in [0.5, 0.6) is 0 Å². The van der Waals surface area contributed by atoms with Crippen LogP contribution in [-0.4, -0.2) is 16.1 Å². The van der Waals surface area contributed by atoms with E-state index in [-0.39, 0.29) is 34.4 Å². The lowest BCUT2D eigenvalue weighted by molar-refractivity contribution is -0.186. The SMILES string of the molecule is Cc1ncc2c(N[C@@H]3c4ccc(F)cc4C(C)(C)C[C@H]3C(F)(F)F)cc(F)c(F)c2n1. The van der Waals surface area contributed by atoms with Gasteiger partial charge in [0, 0.05) is 23.3 Å². The fourth-order valence-electron chi connectivity index (χ4n) is 4.37. The van der Waals surface area contributed by atoms with Crippen LogP contribution in [0.4, 0.5) is 32.0 Å². The molecule has 3 aromatic rings. The topological polar surface area (TPSA) is 37.8 Å². The van der Waals surface area contributed by atoms with E-state index in [0.717, 1.165) is 12.1 Å². The summed E-state index contributed by atoms with van der Waals surface area (Å²) in [5, 5.41) is 2.81. The Morgan fingerprint density at radius 1 is 1.10 bits per heavy atom. The summed E-state index contributed by atoms with van der Waals surface area (Å²) >= 11 is 0. The lowest BCUT2D eigenvalue weighted by atomic mass is 9.66. The molecule has 0 saturated carbocycles. The Bertz CT molecular complexity index is 1170. The number of rotatable bonds is 2. The van der Waals surface area contributed by atoms with Crippen molar-refractivity contribution in [3.05, 3.63) is 64.9 Å². The van der Waals surface area contributed by atoms with Gasteiger partial charge in [-0.05, 0) is 42.0 Å². The number of aromatic nitrogens is 2. The predicted molar refractivity (Wildman–Crippen MR) is 104 cm³/mol. The Kier molecular flexibility index (Phi) is 4.90. The van der Waals surface area contributed by atoms with Crippen molar-refractivity contribution in [3.63, 3.8) is 0 Å². The molecule has 0 aliphatic heterocycles. The molecule has 4 rings (SSSR count). The predicted octanol–water partition coefficient (Wildman–Crippen LogP) is 6.37. The fourth-order valence-corrected chi connectivity index (χ4v) is 4.37. The molecular formula is C22H19F6N3. The zero-order valence-electron chi connectivity index (χ0n) is 16.9. The average molecular weight is 439 g/mol. The Balaban J connectivity index is 1.91. The van der Waals surface area contributed by atoms with Crippen LogP contribution in [0.2, 0.25) is 0 Å². The molecule has 3 nitrogen and oxygen atoms in total. The van der Waals surface area contributed by atoms with Crippen LogP contribution in [0.15, 0.2) is 30.5 Å². The molecule has 0 radical (unpaired) electrons. The maximum Gasteiger partial charge on any atom is 0.394 e. The molecule has 1 aliphatic carbocycles. The highest BCUT2D eigenvalue weighted by molar-refractivity contribution is 5.91. The van der Waals surface area contributed by atoms with Crippen molar-refractivity contribution < 1.29 is 26.3 Å². The Morgan fingerprint density at radius 2 is 1.81 bits per heavy atom. The molecule has 1 aliphatic rings. The summed E-state index contributed by atoms with van der Waals surface area (Å²) in [6.07, 6.45) is -3.65. The second kappa shape index (κ2) is 7.10. The molecule has 2 atom stereocenters. The van der Waals surface area contributed by atoms with Crippen molar-refractivity contribution in [3.8, 4) is 0 Å². The minimum Gasteiger partial charge on any atom is -0.377 e. The summed E-state index contributed by atoms with van der Waals surface area (Å²) in [6.45, 7) is 4.75. The number of benzene rings is 2. The first-order valence-corrected chi connectivity index (χ1v) is 9.63. The molecule has 1 aromatic heterocycles. The van der Waals surface area contributed by atoms with Crippen molar-refractivity contribution in [1.82, 2.24) is 9.97 Å². The van der Waals surface area contributed by atoms with Crippen LogP contribution < -0.4 is 5.32 Å². The van der Waals surface area contributed by atoms with Crippen LogP contribution in [0.3, 0.4) is 0 Å². The largest absolute Gasteiger partial charge is 0.394 e. The van der Waals surface area contributed by atoms with E-state index in [9.17, 15) is 26.3 Å². The van der Waals surface area contributed by atoms with E-state index < -0.39 is 41.0 Å². The third-order valence-corrected chi connectivity index (χ3v) is 5.83. The fraction of sp³-hybridized carbons (Fsp3) is 0.364. The highest BCUT2D eigenvalue weighted by atomic mass is 19.4. The van der Waals surface area contributed by atoms with Crippen LogP contribution in [0.25, 0.3) is 10.9 Å². The van der Waals surface area contributed by atoms with Gasteiger partial charge in [-0.1, -0.05) is 19.9 Å². The van der Waals surface area contributed by atoms with Gasteiger partial charge < -0.3 is 5.32 Å². The molecule has 1 heterocycles. The van der Waals surface area contributed by atoms with E-state index in [1.165, 1.54) is 25.3 Å². The summed E-state index contributed by atoms with van der Waals surface area (Å²) in [4.78, 5) is 7.87. The number of hydrogen-bond acceptors (Lipinski definition) is 3. The number of hydrogen-bond donors (Lipinski definition) is 1. The van der Waals surface area contributed by atoms with Crippen LogP contribution in [-0.2, 0) is 5.41 Å². The van der Waals surface area contributed by atoms with E-state index >= 15 is 0 Å². The summed E-state index contributed by atoms with van der Waals surface area (Å²) in [6, 6.07) is 3.10. The van der Waals surface area contributed by atoms with Crippen molar-refractivity contribution in [1.29, 1.82) is 0 Å². The van der Waals surface area contributed by atoms with Gasteiger partial charge in [-0.25, -0.2) is 23.1 Å². The van der Waals surface area contributed by atoms with E-state index in [4.69, 9.17) is 0 Å². The van der Waals surface area contributed by atoms with Crippen molar-refractivity contribution in [2.75, 3.05) is 5.32 Å². The van der Waals surface area contributed by atoms with Gasteiger partial charge in [0.05, 0.1) is 12.0 Å². The highest BCUT2D eigenvalue weighted by Gasteiger charge is 2.52. The number of halogens is 6. The minimum absolute atomic E-state index is 0.0546. The second-order valence-corrected chi connectivity index (χ2v) is 8.49. The number of nitrogens with one attached hydrogen (secondary N) is 1. The first-order chi connectivity index (χ1) is 14.4. The van der Waals surface area contributed by atoms with Gasteiger partial charge in [-0.15, -0.1) is 0 Å². The number of aryl methyl sites for hydroxylation is 1. The van der Waals surface area contributed by atoms with Crippen molar-refractivity contribution in [2.45, 2.75) is 44.8 Å². The Hall–Kier alpha value is -2.84. The minimum atomic E-state index is -4.58. The summed E-state index contributed by atoms with van der Waals surface area (Å²) < 4.78 is 84.6. The molecule has 2 aromatic carbocycles. The molecular weight excluding hydrogens is 420 g/mol. The summed E-state index contributed by atoms with van der Waals surface area (Å²) in [5.41, 5.74) is -0.640. The van der Waals surface area contributed by atoms with Gasteiger partial charge in [0.1, 0.15) is 17.2 Å². The molecule has 0 saturated heterocycles. The standard InChI is InChI=1S/C22H19F6N3/c1-10-29-9-13-17(7-16(24)18(25)20(13)30-10)31-19-12-5-4-11(23)6-14(12)21(2,3)8-15(19)22(26,27)28/h4-7,9,15,19,31H,8H2,1-3H3/t15-,19-/m1/s1. The number of fused-ring (bicyclic) bond motifs is 2. The zero-order chi connectivity index (χ0) is 22.7. The maximum absolute atomic E-state index is 14.3. The Labute approximate surface area is 174 Å². The van der Waals surface area contributed by atoms with E-state index in [1.807, 2.05) is 0 Å². The van der Waals surface area contributed by atoms with Gasteiger partial charge in [-0.2, -0.15) is 13.2 Å². The molecule has 0 amide bonds. The van der Waals surface area contributed by atoms with Crippen molar-refractivity contribution >= 4 is 16.6 Å². The molecule has 0 spiro atoms. The van der Waals surface area contributed by atoms with Gasteiger partial charge >= 0.3 is 6.18 Å². The van der Waals surface area contributed by atoms with Gasteiger partial charge in [0.25, 0.3) is 0 Å². The lowest BCUT2D eigenvalue weighted by Crippen LogP contribution is -2.43. The number of nitrogens with zero attached hydrogens (tertiary/aromatic N) is 2. The molecule has 0 bridgehead atoms. The molecule has 0 unspecified atom stereocenters. The summed E-state index contributed by atoms with van der Waals surface area (Å²) in [7, 11) is 0. The van der Waals surface area contributed by atoms with Crippen LogP contribution >= 0.6 is 0 Å². The van der Waals surface area contributed by atoms with Gasteiger partial charge in [0.15, 0.2) is 11.6 Å². The lowest BCUT2D eigenvalue weighted by Gasteiger charge is -2.43. The quantitative estimate of drug-likeness (QED) is 0.472. The average Bonchev–Trinajstić information content (AvgIpc) is 2.67. The van der Waals surface area contributed by atoms with Gasteiger partial charge in [-0.3, -0.25) is 0 Å². The zero-order valence-corrected chi connectivity index (χ0v) is 16.9. The van der Waals surface area contributed by atoms with E-state index in [0.29, 0.717) is 5.56 Å². The molecule has 164 valence electrons. The Morgan fingerprint density at radius 3 is 2.48 bits per heavy atom. The van der Waals surface area contributed by atoms with E-state index in [1.54, 1.807) is 13.8 Å². The van der Waals surface area contributed by atoms with Crippen LogP contribution in [0.1, 0.15) is 43.3 Å². The van der Waals surface area contributed by atoms with E-state index in [2.05, 4.69) is 15.3 Å². The molecule has 0 fully saturated rings. The molecule has 1 N–H and O–H groups in total. The summed E-state index contributed by atoms with van der Waals surface area (Å²) in [5.74, 6) is -4.65. The first-order valence-electron chi connectivity index (χ1n) is 9.63. The van der Waals surface area contributed by atoms with Gasteiger partial charge in [0.2, 0.25) is 0 Å². The molecule has 9 heteroatoms. The normalized spacial score (nSPS) is 20.5. The third kappa shape index (κ3) is 3.70. The monoisotopic (exact) mass is 439 g/mol. The second-order valence-electron chi connectivity index (χ2n) is 8.49. The first kappa shape index (κ1) is 21.4. The highest BCUT2D eigenvalue weighted by Crippen LogP contribution is 2.52. The third-order valence-electron chi connectivity index (χ3n) is 5.83. The van der Waals surface area contributed by atoms with Crippen molar-refractivity contribution in [2.24, 2.45) is 5.92 Å². The maximum atomic E-state index is 14.3. The van der Waals surface area contributed by atoms with Crippen LogP contribution in [0, 0.1) is 30.3 Å². The molecule has 31 heavy (non-hydrogen) atoms. The number of alkyl halides is 3. The smallest absolute Gasteiger partial charge is 0.377 e.